The Labute approximate surface area is 172 Å². The van der Waals surface area contributed by atoms with E-state index in [2.05, 4.69) is 15.9 Å². The fourth-order valence-electron chi connectivity index (χ4n) is 3.46. The SMILES string of the molecule is COCCN1C(=O)C(=O)C(=C(O)c2cc(C)ccc2C)C1c1cccc(Br)c1. The molecule has 28 heavy (non-hydrogen) atoms. The van der Waals surface area contributed by atoms with E-state index in [1.54, 1.807) is 7.11 Å². The molecule has 2 aromatic rings. The van der Waals surface area contributed by atoms with Gasteiger partial charge in [-0.25, -0.2) is 0 Å². The number of carbonyl (C=O) groups is 2. The van der Waals surface area contributed by atoms with Crippen LogP contribution in [0.4, 0.5) is 0 Å². The zero-order valence-corrected chi connectivity index (χ0v) is 17.6. The molecule has 0 aromatic heterocycles. The van der Waals surface area contributed by atoms with Crippen molar-refractivity contribution in [2.45, 2.75) is 19.9 Å². The summed E-state index contributed by atoms with van der Waals surface area (Å²) in [6.45, 7) is 4.33. The number of halogens is 1. The molecule has 1 fully saturated rings. The highest BCUT2D eigenvalue weighted by Crippen LogP contribution is 2.40. The molecule has 2 aromatic carbocycles. The summed E-state index contributed by atoms with van der Waals surface area (Å²) in [6.07, 6.45) is 0. The van der Waals surface area contributed by atoms with Gasteiger partial charge in [0.1, 0.15) is 5.76 Å². The maximum Gasteiger partial charge on any atom is 0.295 e. The van der Waals surface area contributed by atoms with Crippen LogP contribution in [0.15, 0.2) is 52.5 Å². The Balaban J connectivity index is 2.22. The Morgan fingerprint density at radius 2 is 1.93 bits per heavy atom. The number of benzene rings is 2. The molecule has 0 bridgehead atoms. The summed E-state index contributed by atoms with van der Waals surface area (Å²) in [5.41, 5.74) is 3.20. The van der Waals surface area contributed by atoms with Crippen LogP contribution in [-0.2, 0) is 14.3 Å². The number of aliphatic hydroxyl groups excluding tert-OH is 1. The number of hydrogen-bond acceptors (Lipinski definition) is 4. The predicted octanol–water partition coefficient (Wildman–Crippen LogP) is 4.13. The van der Waals surface area contributed by atoms with Gasteiger partial charge in [-0.1, -0.05) is 45.8 Å². The molecule has 1 N–H and O–H groups in total. The largest absolute Gasteiger partial charge is 0.507 e. The summed E-state index contributed by atoms with van der Waals surface area (Å²) < 4.78 is 5.95. The number of carbonyl (C=O) groups excluding carboxylic acids is 2. The third-order valence-electron chi connectivity index (χ3n) is 4.89. The van der Waals surface area contributed by atoms with Crippen molar-refractivity contribution in [2.24, 2.45) is 0 Å². The van der Waals surface area contributed by atoms with Gasteiger partial charge < -0.3 is 14.7 Å². The quantitative estimate of drug-likeness (QED) is 0.428. The van der Waals surface area contributed by atoms with Gasteiger partial charge in [-0.15, -0.1) is 0 Å². The van der Waals surface area contributed by atoms with Crippen LogP contribution in [-0.4, -0.2) is 42.0 Å². The van der Waals surface area contributed by atoms with Crippen LogP contribution < -0.4 is 0 Å². The number of ether oxygens (including phenoxy) is 1. The van der Waals surface area contributed by atoms with Gasteiger partial charge in [0.15, 0.2) is 0 Å². The van der Waals surface area contributed by atoms with Crippen LogP contribution in [0.1, 0.15) is 28.3 Å². The summed E-state index contributed by atoms with van der Waals surface area (Å²) in [7, 11) is 1.54. The Bertz CT molecular complexity index is 967. The molecule has 1 heterocycles. The number of likely N-dealkylation sites (tertiary alicyclic amines) is 1. The van der Waals surface area contributed by atoms with Crippen LogP contribution in [0, 0.1) is 13.8 Å². The highest BCUT2D eigenvalue weighted by atomic mass is 79.9. The van der Waals surface area contributed by atoms with Crippen molar-refractivity contribution in [3.8, 4) is 0 Å². The lowest BCUT2D eigenvalue weighted by Crippen LogP contribution is -2.32. The second kappa shape index (κ2) is 8.29. The Kier molecular flexibility index (Phi) is 6.01. The molecule has 0 aliphatic carbocycles. The van der Waals surface area contributed by atoms with Crippen LogP contribution in [0.3, 0.4) is 0 Å². The third-order valence-corrected chi connectivity index (χ3v) is 5.38. The van der Waals surface area contributed by atoms with E-state index in [4.69, 9.17) is 4.74 Å². The maximum absolute atomic E-state index is 12.9. The number of hydrogen-bond donors (Lipinski definition) is 1. The Hall–Kier alpha value is -2.44. The normalized spacial score (nSPS) is 18.7. The van der Waals surface area contributed by atoms with Gasteiger partial charge in [-0.2, -0.15) is 0 Å². The van der Waals surface area contributed by atoms with Gasteiger partial charge in [-0.3, -0.25) is 9.59 Å². The number of nitrogens with zero attached hydrogens (tertiary/aromatic N) is 1. The van der Waals surface area contributed by atoms with Crippen LogP contribution >= 0.6 is 15.9 Å². The number of methoxy groups -OCH3 is 1. The third kappa shape index (κ3) is 3.75. The first-order valence-electron chi connectivity index (χ1n) is 8.95. The van der Waals surface area contributed by atoms with Gasteiger partial charge in [-0.05, 0) is 43.2 Å². The van der Waals surface area contributed by atoms with Crippen molar-refractivity contribution in [3.05, 3.63) is 74.8 Å². The number of ketones is 1. The summed E-state index contributed by atoms with van der Waals surface area (Å²) in [5.74, 6) is -1.46. The smallest absolute Gasteiger partial charge is 0.295 e. The fraction of sp³-hybridized carbons (Fsp3) is 0.273. The molecule has 1 amide bonds. The summed E-state index contributed by atoms with van der Waals surface area (Å²) in [4.78, 5) is 27.1. The predicted molar refractivity (Wildman–Crippen MR) is 111 cm³/mol. The molecular weight excluding hydrogens is 422 g/mol. The first-order chi connectivity index (χ1) is 13.3. The van der Waals surface area contributed by atoms with E-state index < -0.39 is 17.7 Å². The highest BCUT2D eigenvalue weighted by molar-refractivity contribution is 9.10. The summed E-state index contributed by atoms with van der Waals surface area (Å²) in [6, 6.07) is 12.4. The standard InChI is InChI=1S/C22H22BrNO4/c1-13-7-8-14(2)17(11-13)20(25)18-19(15-5-4-6-16(23)12-15)24(9-10-28-3)22(27)21(18)26/h4-8,11-12,19,25H,9-10H2,1-3H3. The lowest BCUT2D eigenvalue weighted by atomic mass is 9.93. The average Bonchev–Trinajstić information content (AvgIpc) is 2.92. The molecule has 1 saturated heterocycles. The number of rotatable bonds is 5. The van der Waals surface area contributed by atoms with E-state index in [0.29, 0.717) is 12.2 Å². The molecule has 6 heteroatoms. The zero-order valence-electron chi connectivity index (χ0n) is 16.0. The van der Waals surface area contributed by atoms with Crippen molar-refractivity contribution < 1.29 is 19.4 Å². The fourth-order valence-corrected chi connectivity index (χ4v) is 3.88. The molecule has 5 nitrogen and oxygen atoms in total. The lowest BCUT2D eigenvalue weighted by Gasteiger charge is -2.25. The Morgan fingerprint density at radius 1 is 1.18 bits per heavy atom. The minimum Gasteiger partial charge on any atom is -0.507 e. The monoisotopic (exact) mass is 443 g/mol. The van der Waals surface area contributed by atoms with Crippen molar-refractivity contribution in [2.75, 3.05) is 20.3 Å². The van der Waals surface area contributed by atoms with E-state index in [9.17, 15) is 14.7 Å². The minimum absolute atomic E-state index is 0.105. The maximum atomic E-state index is 12.9. The van der Waals surface area contributed by atoms with E-state index in [0.717, 1.165) is 21.2 Å². The highest BCUT2D eigenvalue weighted by Gasteiger charge is 2.46. The molecule has 0 radical (unpaired) electrons. The molecule has 0 spiro atoms. The van der Waals surface area contributed by atoms with Crippen molar-refractivity contribution in [1.29, 1.82) is 0 Å². The molecule has 3 rings (SSSR count). The van der Waals surface area contributed by atoms with Crippen molar-refractivity contribution >= 4 is 33.4 Å². The number of Topliss-reactive ketones (excluding diaryl/α,β-unsaturated/α-hetero) is 1. The second-order valence-electron chi connectivity index (χ2n) is 6.86. The van der Waals surface area contributed by atoms with Gasteiger partial charge in [0.2, 0.25) is 0 Å². The number of aliphatic hydroxyl groups is 1. The Morgan fingerprint density at radius 3 is 2.61 bits per heavy atom. The molecular formula is C22H22BrNO4. The van der Waals surface area contributed by atoms with Crippen LogP contribution in [0.5, 0.6) is 0 Å². The van der Waals surface area contributed by atoms with E-state index >= 15 is 0 Å². The molecule has 1 atom stereocenters. The van der Waals surface area contributed by atoms with Crippen LogP contribution in [0.25, 0.3) is 5.76 Å². The van der Waals surface area contributed by atoms with E-state index in [1.807, 2.05) is 56.3 Å². The topological polar surface area (TPSA) is 66.8 Å². The zero-order chi connectivity index (χ0) is 20.4. The van der Waals surface area contributed by atoms with E-state index in [-0.39, 0.29) is 17.9 Å². The first kappa shape index (κ1) is 20.3. The molecule has 1 unspecified atom stereocenters. The van der Waals surface area contributed by atoms with Gasteiger partial charge >= 0.3 is 0 Å². The first-order valence-corrected chi connectivity index (χ1v) is 9.75. The summed E-state index contributed by atoms with van der Waals surface area (Å²) in [5, 5.41) is 11.1. The average molecular weight is 444 g/mol. The van der Waals surface area contributed by atoms with Gasteiger partial charge in [0.05, 0.1) is 18.2 Å². The molecule has 1 aliphatic heterocycles. The lowest BCUT2D eigenvalue weighted by molar-refractivity contribution is -0.140. The van der Waals surface area contributed by atoms with Gasteiger partial charge in [0, 0.05) is 23.7 Å². The summed E-state index contributed by atoms with van der Waals surface area (Å²) >= 11 is 3.44. The number of aryl methyl sites for hydroxylation is 2. The van der Waals surface area contributed by atoms with Crippen molar-refractivity contribution in [1.82, 2.24) is 4.90 Å². The molecule has 0 saturated carbocycles. The number of amides is 1. The van der Waals surface area contributed by atoms with E-state index in [1.165, 1.54) is 4.90 Å². The molecule has 1 aliphatic rings. The molecule has 146 valence electrons. The van der Waals surface area contributed by atoms with Crippen LogP contribution in [0.2, 0.25) is 0 Å². The second-order valence-corrected chi connectivity index (χ2v) is 7.77. The van der Waals surface area contributed by atoms with Gasteiger partial charge in [0.25, 0.3) is 11.7 Å². The van der Waals surface area contributed by atoms with Crippen molar-refractivity contribution in [3.63, 3.8) is 0 Å². The minimum atomic E-state index is -0.681.